The molecule has 3 nitrogen and oxygen atoms in total. The average Bonchev–Trinajstić information content (AvgIpc) is 2.16. The molecule has 13 heavy (non-hydrogen) atoms. The van der Waals surface area contributed by atoms with E-state index in [1.807, 2.05) is 26.0 Å². The number of aromatic nitrogens is 1. The molecule has 0 fully saturated rings. The van der Waals surface area contributed by atoms with Gasteiger partial charge in [0.2, 0.25) is 0 Å². The standard InChI is InChI=1S/C10H9N3/c1-7(2)10-9(5-12)3-8(4-11)6-13-10/h3,6-7H,1-2H3. The lowest BCUT2D eigenvalue weighted by atomic mass is 10.0. The van der Waals surface area contributed by atoms with Gasteiger partial charge in [-0.15, -0.1) is 0 Å². The van der Waals surface area contributed by atoms with Gasteiger partial charge >= 0.3 is 0 Å². The number of hydrogen-bond donors (Lipinski definition) is 0. The van der Waals surface area contributed by atoms with E-state index in [2.05, 4.69) is 4.98 Å². The van der Waals surface area contributed by atoms with Crippen LogP contribution in [0, 0.1) is 22.7 Å². The van der Waals surface area contributed by atoms with Crippen molar-refractivity contribution < 1.29 is 0 Å². The summed E-state index contributed by atoms with van der Waals surface area (Å²) in [7, 11) is 0. The van der Waals surface area contributed by atoms with Crippen molar-refractivity contribution in [2.45, 2.75) is 19.8 Å². The van der Waals surface area contributed by atoms with Crippen molar-refractivity contribution in [1.29, 1.82) is 10.5 Å². The summed E-state index contributed by atoms with van der Waals surface area (Å²) in [5, 5.41) is 17.4. The van der Waals surface area contributed by atoms with Crippen LogP contribution in [0.25, 0.3) is 0 Å². The lowest BCUT2D eigenvalue weighted by molar-refractivity contribution is 0.817. The molecule has 1 aromatic heterocycles. The van der Waals surface area contributed by atoms with E-state index >= 15 is 0 Å². The molecule has 0 aliphatic carbocycles. The second kappa shape index (κ2) is 3.69. The molecule has 0 aliphatic rings. The van der Waals surface area contributed by atoms with Crippen molar-refractivity contribution in [2.24, 2.45) is 0 Å². The first-order valence-electron chi connectivity index (χ1n) is 3.99. The highest BCUT2D eigenvalue weighted by Gasteiger charge is 2.08. The Kier molecular flexibility index (Phi) is 2.62. The van der Waals surface area contributed by atoms with Gasteiger partial charge in [-0.05, 0) is 12.0 Å². The second-order valence-corrected chi connectivity index (χ2v) is 3.04. The molecule has 64 valence electrons. The summed E-state index contributed by atoms with van der Waals surface area (Å²) in [4.78, 5) is 4.07. The fourth-order valence-corrected chi connectivity index (χ4v) is 1.09. The topological polar surface area (TPSA) is 60.5 Å². The molecule has 0 radical (unpaired) electrons. The molecule has 0 unspecified atom stereocenters. The van der Waals surface area contributed by atoms with Crippen LogP contribution in [0.5, 0.6) is 0 Å². The van der Waals surface area contributed by atoms with Gasteiger partial charge in [0.25, 0.3) is 0 Å². The number of pyridine rings is 1. The number of nitriles is 2. The Morgan fingerprint density at radius 3 is 2.46 bits per heavy atom. The SMILES string of the molecule is CC(C)c1ncc(C#N)cc1C#N. The Bertz CT molecular complexity index is 394. The first-order chi connectivity index (χ1) is 6.19. The molecular formula is C10H9N3. The molecule has 0 amide bonds. The molecule has 0 spiro atoms. The van der Waals surface area contributed by atoms with Crippen molar-refractivity contribution in [3.8, 4) is 12.1 Å². The monoisotopic (exact) mass is 171 g/mol. The number of hydrogen-bond acceptors (Lipinski definition) is 3. The predicted molar refractivity (Wildman–Crippen MR) is 47.8 cm³/mol. The maximum absolute atomic E-state index is 8.79. The van der Waals surface area contributed by atoms with E-state index in [4.69, 9.17) is 10.5 Å². The van der Waals surface area contributed by atoms with Crippen LogP contribution in [0.15, 0.2) is 12.3 Å². The van der Waals surface area contributed by atoms with Gasteiger partial charge in [0.05, 0.1) is 16.8 Å². The molecule has 1 heterocycles. The Hall–Kier alpha value is -1.87. The Morgan fingerprint density at radius 1 is 1.31 bits per heavy atom. The lowest BCUT2D eigenvalue weighted by Gasteiger charge is -2.05. The van der Waals surface area contributed by atoms with Crippen LogP contribution in [-0.4, -0.2) is 4.98 Å². The largest absolute Gasteiger partial charge is 0.258 e. The number of nitrogens with zero attached hydrogens (tertiary/aromatic N) is 3. The fourth-order valence-electron chi connectivity index (χ4n) is 1.09. The van der Waals surface area contributed by atoms with Crippen LogP contribution in [-0.2, 0) is 0 Å². The summed E-state index contributed by atoms with van der Waals surface area (Å²) in [5.41, 5.74) is 1.68. The Morgan fingerprint density at radius 2 is 2.00 bits per heavy atom. The predicted octanol–water partition coefficient (Wildman–Crippen LogP) is 1.95. The minimum Gasteiger partial charge on any atom is -0.258 e. The third-order valence-electron chi connectivity index (χ3n) is 1.71. The highest BCUT2D eigenvalue weighted by atomic mass is 14.7. The molecule has 0 saturated carbocycles. The second-order valence-electron chi connectivity index (χ2n) is 3.04. The zero-order chi connectivity index (χ0) is 9.84. The summed E-state index contributed by atoms with van der Waals surface area (Å²) in [6, 6.07) is 5.56. The maximum Gasteiger partial charge on any atom is 0.101 e. The normalized spacial score (nSPS) is 9.31. The Labute approximate surface area is 77.3 Å². The van der Waals surface area contributed by atoms with Gasteiger partial charge in [-0.2, -0.15) is 10.5 Å². The van der Waals surface area contributed by atoms with Gasteiger partial charge in [-0.3, -0.25) is 4.98 Å². The third kappa shape index (κ3) is 1.83. The van der Waals surface area contributed by atoms with Gasteiger partial charge in [-0.1, -0.05) is 13.8 Å². The van der Waals surface area contributed by atoms with Crippen molar-refractivity contribution in [1.82, 2.24) is 4.98 Å². The van der Waals surface area contributed by atoms with E-state index in [1.165, 1.54) is 6.20 Å². The van der Waals surface area contributed by atoms with E-state index in [0.717, 1.165) is 5.69 Å². The quantitative estimate of drug-likeness (QED) is 0.648. The zero-order valence-corrected chi connectivity index (χ0v) is 7.57. The van der Waals surface area contributed by atoms with Crippen molar-refractivity contribution in [3.05, 3.63) is 29.1 Å². The van der Waals surface area contributed by atoms with E-state index in [-0.39, 0.29) is 5.92 Å². The summed E-state index contributed by atoms with van der Waals surface area (Å²) < 4.78 is 0. The molecule has 3 heteroatoms. The average molecular weight is 171 g/mol. The lowest BCUT2D eigenvalue weighted by Crippen LogP contribution is -1.97. The van der Waals surface area contributed by atoms with Crippen LogP contribution in [0.1, 0.15) is 36.6 Å². The summed E-state index contributed by atoms with van der Waals surface area (Å²) >= 11 is 0. The van der Waals surface area contributed by atoms with E-state index in [1.54, 1.807) is 6.07 Å². The minimum atomic E-state index is 0.211. The highest BCUT2D eigenvalue weighted by molar-refractivity contribution is 5.41. The molecule has 0 aliphatic heterocycles. The van der Waals surface area contributed by atoms with Crippen molar-refractivity contribution >= 4 is 0 Å². The third-order valence-corrected chi connectivity index (χ3v) is 1.71. The van der Waals surface area contributed by atoms with Gasteiger partial charge in [0.15, 0.2) is 0 Å². The summed E-state index contributed by atoms with van der Waals surface area (Å²) in [6.07, 6.45) is 1.50. The van der Waals surface area contributed by atoms with Gasteiger partial charge in [0, 0.05) is 6.20 Å². The smallest absolute Gasteiger partial charge is 0.101 e. The van der Waals surface area contributed by atoms with Crippen LogP contribution in [0.2, 0.25) is 0 Å². The van der Waals surface area contributed by atoms with Crippen LogP contribution in [0.3, 0.4) is 0 Å². The van der Waals surface area contributed by atoms with Gasteiger partial charge < -0.3 is 0 Å². The first-order valence-corrected chi connectivity index (χ1v) is 3.99. The van der Waals surface area contributed by atoms with E-state index < -0.39 is 0 Å². The fraction of sp³-hybridized carbons (Fsp3) is 0.300. The molecular weight excluding hydrogens is 162 g/mol. The van der Waals surface area contributed by atoms with Crippen LogP contribution in [0.4, 0.5) is 0 Å². The molecule has 0 aromatic carbocycles. The van der Waals surface area contributed by atoms with Crippen LogP contribution >= 0.6 is 0 Å². The summed E-state index contributed by atoms with van der Waals surface area (Å²) in [6.45, 7) is 3.93. The van der Waals surface area contributed by atoms with Gasteiger partial charge in [0.1, 0.15) is 12.1 Å². The molecule has 0 bridgehead atoms. The molecule has 0 atom stereocenters. The van der Waals surface area contributed by atoms with Crippen LogP contribution < -0.4 is 0 Å². The summed E-state index contributed by atoms with van der Waals surface area (Å²) in [5.74, 6) is 0.211. The molecule has 0 saturated heterocycles. The van der Waals surface area contributed by atoms with Crippen molar-refractivity contribution in [3.63, 3.8) is 0 Å². The highest BCUT2D eigenvalue weighted by Crippen LogP contribution is 2.16. The molecule has 0 N–H and O–H groups in total. The Balaban J connectivity index is 3.28. The zero-order valence-electron chi connectivity index (χ0n) is 7.57. The minimum absolute atomic E-state index is 0.211. The maximum atomic E-state index is 8.79. The molecule has 1 rings (SSSR count). The van der Waals surface area contributed by atoms with Gasteiger partial charge in [-0.25, -0.2) is 0 Å². The van der Waals surface area contributed by atoms with E-state index in [0.29, 0.717) is 11.1 Å². The molecule has 1 aromatic rings. The number of rotatable bonds is 1. The van der Waals surface area contributed by atoms with Crippen molar-refractivity contribution in [2.75, 3.05) is 0 Å². The first kappa shape index (κ1) is 9.22. The van der Waals surface area contributed by atoms with E-state index in [9.17, 15) is 0 Å².